The molecule has 2 rings (SSSR count). The van der Waals surface area contributed by atoms with Crippen LogP contribution in [0.3, 0.4) is 0 Å². The molecule has 2 aromatic rings. The molecule has 2 heterocycles. The molecule has 0 radical (unpaired) electrons. The van der Waals surface area contributed by atoms with Crippen molar-refractivity contribution in [3.05, 3.63) is 36.3 Å². The molecule has 0 fully saturated rings. The summed E-state index contributed by atoms with van der Waals surface area (Å²) in [4.78, 5) is 15.5. The Bertz CT molecular complexity index is 588. The van der Waals surface area contributed by atoms with Crippen molar-refractivity contribution in [2.45, 2.75) is 24.9 Å². The van der Waals surface area contributed by atoms with Crippen LogP contribution >= 0.6 is 0 Å². The average molecular weight is 280 g/mol. The van der Waals surface area contributed by atoms with Crippen LogP contribution in [0.5, 0.6) is 0 Å². The molecule has 5 nitrogen and oxygen atoms in total. The molecule has 0 spiro atoms. The third-order valence-corrected chi connectivity index (χ3v) is 4.73. The van der Waals surface area contributed by atoms with E-state index < -0.39 is 22.0 Å². The van der Waals surface area contributed by atoms with Crippen LogP contribution in [0.2, 0.25) is 0 Å². The third-order valence-electron chi connectivity index (χ3n) is 2.84. The van der Waals surface area contributed by atoms with Gasteiger partial charge in [-0.1, -0.05) is 19.9 Å². The fraction of sp³-hybridized carbons (Fsp3) is 0.385. The maximum absolute atomic E-state index is 12.2. The van der Waals surface area contributed by atoms with Crippen LogP contribution in [0.4, 0.5) is 0 Å². The van der Waals surface area contributed by atoms with E-state index in [9.17, 15) is 9.00 Å². The highest BCUT2D eigenvalue weighted by molar-refractivity contribution is 7.85. The zero-order chi connectivity index (χ0) is 14.0. The largest absolute Gasteiger partial charge is 0.480 e. The first-order valence-electron chi connectivity index (χ1n) is 6.01. The summed E-state index contributed by atoms with van der Waals surface area (Å²) in [6.45, 7) is 3.53. The second-order valence-corrected chi connectivity index (χ2v) is 6.28. The van der Waals surface area contributed by atoms with Gasteiger partial charge in [-0.05, 0) is 18.1 Å². The predicted octanol–water partition coefficient (Wildman–Crippen LogP) is 1.69. The summed E-state index contributed by atoms with van der Waals surface area (Å²) in [5, 5.41) is 8.26. The van der Waals surface area contributed by atoms with Crippen molar-refractivity contribution in [2.24, 2.45) is 5.92 Å². The minimum atomic E-state index is -1.47. The van der Waals surface area contributed by atoms with E-state index in [1.165, 1.54) is 0 Å². The van der Waals surface area contributed by atoms with Crippen LogP contribution in [0.1, 0.15) is 19.5 Å². The van der Waals surface area contributed by atoms with Gasteiger partial charge in [-0.25, -0.2) is 4.98 Å². The summed E-state index contributed by atoms with van der Waals surface area (Å²) >= 11 is 0. The first-order chi connectivity index (χ1) is 8.99. The van der Waals surface area contributed by atoms with Crippen molar-refractivity contribution in [3.63, 3.8) is 0 Å². The van der Waals surface area contributed by atoms with Crippen LogP contribution in [-0.4, -0.2) is 29.9 Å². The first-order valence-corrected chi connectivity index (χ1v) is 7.40. The number of fused-ring (bicyclic) bond motifs is 1. The van der Waals surface area contributed by atoms with Crippen molar-refractivity contribution in [2.75, 3.05) is 0 Å². The van der Waals surface area contributed by atoms with E-state index in [0.717, 1.165) is 5.65 Å². The van der Waals surface area contributed by atoms with Gasteiger partial charge in [-0.2, -0.15) is 0 Å². The van der Waals surface area contributed by atoms with Gasteiger partial charge in [0.05, 0.1) is 11.4 Å². The van der Waals surface area contributed by atoms with E-state index in [-0.39, 0.29) is 11.7 Å². The Labute approximate surface area is 113 Å². The number of imidazole rings is 1. The maximum Gasteiger partial charge on any atom is 0.319 e. The smallest absolute Gasteiger partial charge is 0.319 e. The minimum absolute atomic E-state index is 0.164. The normalized spacial score (nSPS) is 14.7. The maximum atomic E-state index is 12.2. The standard InChI is InChI=1S/C13H16N2O3S/c1-9(2)12(13(16)17)19(18)8-10-7-15-6-4-3-5-11(15)14-10/h3-7,9,12H,8H2,1-2H3,(H,16,17). The van der Waals surface area contributed by atoms with Gasteiger partial charge in [-0.3, -0.25) is 9.00 Å². The van der Waals surface area contributed by atoms with Gasteiger partial charge < -0.3 is 9.51 Å². The molecule has 0 bridgehead atoms. The van der Waals surface area contributed by atoms with E-state index in [0.29, 0.717) is 5.69 Å². The highest BCUT2D eigenvalue weighted by Gasteiger charge is 2.28. The predicted molar refractivity (Wildman–Crippen MR) is 73.3 cm³/mol. The van der Waals surface area contributed by atoms with E-state index >= 15 is 0 Å². The monoisotopic (exact) mass is 280 g/mol. The Morgan fingerprint density at radius 3 is 2.79 bits per heavy atom. The summed E-state index contributed by atoms with van der Waals surface area (Å²) in [7, 11) is -1.47. The number of hydrogen-bond donors (Lipinski definition) is 1. The molecular formula is C13H16N2O3S. The van der Waals surface area contributed by atoms with Crippen molar-refractivity contribution in [3.8, 4) is 0 Å². The van der Waals surface area contributed by atoms with Crippen molar-refractivity contribution >= 4 is 22.4 Å². The number of aliphatic carboxylic acids is 1. The van der Waals surface area contributed by atoms with Gasteiger partial charge in [0.2, 0.25) is 0 Å². The Hall–Kier alpha value is -1.69. The van der Waals surface area contributed by atoms with E-state index in [1.807, 2.05) is 28.8 Å². The number of carboxylic acid groups (broad SMARTS) is 1. The first kappa shape index (κ1) is 13.7. The molecule has 19 heavy (non-hydrogen) atoms. The Kier molecular flexibility index (Phi) is 3.99. The summed E-state index contributed by atoms with van der Waals surface area (Å²) in [5.74, 6) is -1.02. The van der Waals surface area contributed by atoms with E-state index in [4.69, 9.17) is 5.11 Å². The molecule has 0 amide bonds. The average Bonchev–Trinajstić information content (AvgIpc) is 2.69. The fourth-order valence-electron chi connectivity index (χ4n) is 1.99. The van der Waals surface area contributed by atoms with Gasteiger partial charge in [0.15, 0.2) is 0 Å². The lowest BCUT2D eigenvalue weighted by Gasteiger charge is -2.14. The summed E-state index contributed by atoms with van der Waals surface area (Å²) in [6, 6.07) is 5.60. The van der Waals surface area contributed by atoms with E-state index in [2.05, 4.69) is 4.98 Å². The molecule has 2 unspecified atom stereocenters. The van der Waals surface area contributed by atoms with Gasteiger partial charge in [0.1, 0.15) is 10.9 Å². The molecular weight excluding hydrogens is 264 g/mol. The fourth-order valence-corrected chi connectivity index (χ4v) is 3.44. The van der Waals surface area contributed by atoms with Gasteiger partial charge in [0, 0.05) is 23.2 Å². The molecule has 102 valence electrons. The highest BCUT2D eigenvalue weighted by Crippen LogP contribution is 2.15. The second kappa shape index (κ2) is 5.52. The van der Waals surface area contributed by atoms with Gasteiger partial charge in [0.25, 0.3) is 0 Å². The van der Waals surface area contributed by atoms with Crippen LogP contribution < -0.4 is 0 Å². The molecule has 1 N–H and O–H groups in total. The van der Waals surface area contributed by atoms with Crippen molar-refractivity contribution < 1.29 is 14.1 Å². The molecule has 0 saturated heterocycles. The minimum Gasteiger partial charge on any atom is -0.480 e. The molecule has 2 atom stereocenters. The SMILES string of the molecule is CC(C)C(C(=O)O)S(=O)Cc1cn2ccccc2n1. The van der Waals surface area contributed by atoms with E-state index in [1.54, 1.807) is 20.0 Å². The third kappa shape index (κ3) is 3.01. The second-order valence-electron chi connectivity index (χ2n) is 4.73. The quantitative estimate of drug-likeness (QED) is 0.904. The zero-order valence-electron chi connectivity index (χ0n) is 10.8. The number of carbonyl (C=O) groups is 1. The summed E-state index contributed by atoms with van der Waals surface area (Å²) in [5.41, 5.74) is 1.42. The van der Waals surface area contributed by atoms with Crippen molar-refractivity contribution in [1.29, 1.82) is 0 Å². The lowest BCUT2D eigenvalue weighted by molar-refractivity contribution is -0.137. The molecule has 0 aromatic carbocycles. The molecule has 2 aromatic heterocycles. The van der Waals surface area contributed by atoms with Gasteiger partial charge >= 0.3 is 5.97 Å². The number of rotatable bonds is 5. The number of aromatic nitrogens is 2. The molecule has 0 aliphatic carbocycles. The number of pyridine rings is 1. The lowest BCUT2D eigenvalue weighted by Crippen LogP contribution is -2.31. The zero-order valence-corrected chi connectivity index (χ0v) is 11.6. The van der Waals surface area contributed by atoms with Crippen molar-refractivity contribution in [1.82, 2.24) is 9.38 Å². The summed E-state index contributed by atoms with van der Waals surface area (Å²) < 4.78 is 14.0. The number of nitrogens with zero attached hydrogens (tertiary/aromatic N) is 2. The molecule has 0 saturated carbocycles. The van der Waals surface area contributed by atoms with Gasteiger partial charge in [-0.15, -0.1) is 0 Å². The van der Waals surface area contributed by atoms with Crippen LogP contribution in [0.25, 0.3) is 5.65 Å². The topological polar surface area (TPSA) is 71.7 Å². The summed E-state index contributed by atoms with van der Waals surface area (Å²) in [6.07, 6.45) is 3.64. The Morgan fingerprint density at radius 1 is 1.47 bits per heavy atom. The lowest BCUT2D eigenvalue weighted by atomic mass is 10.1. The molecule has 6 heteroatoms. The number of hydrogen-bond acceptors (Lipinski definition) is 3. The number of carboxylic acids is 1. The highest BCUT2D eigenvalue weighted by atomic mass is 32.2. The molecule has 0 aliphatic heterocycles. The van der Waals surface area contributed by atoms with Crippen LogP contribution in [0.15, 0.2) is 30.6 Å². The molecule has 0 aliphatic rings. The van der Waals surface area contributed by atoms with Crippen LogP contribution in [0, 0.1) is 5.92 Å². The Balaban J connectivity index is 2.20. The van der Waals surface area contributed by atoms with Crippen LogP contribution in [-0.2, 0) is 21.3 Å². The Morgan fingerprint density at radius 2 is 2.21 bits per heavy atom.